The maximum absolute atomic E-state index is 12.3. The van der Waals surface area contributed by atoms with Crippen molar-refractivity contribution in [3.8, 4) is 0 Å². The lowest BCUT2D eigenvalue weighted by atomic mass is 10.0. The highest BCUT2D eigenvalue weighted by atomic mass is 127. The highest BCUT2D eigenvalue weighted by Gasteiger charge is 2.25. The summed E-state index contributed by atoms with van der Waals surface area (Å²) in [7, 11) is 0. The van der Waals surface area contributed by atoms with Gasteiger partial charge in [-0.2, -0.15) is 5.10 Å². The number of benzene rings is 1. The van der Waals surface area contributed by atoms with Crippen LogP contribution in [0.15, 0.2) is 24.5 Å². The predicted octanol–water partition coefficient (Wildman–Crippen LogP) is 2.77. The van der Waals surface area contributed by atoms with E-state index in [4.69, 9.17) is 0 Å². The molecule has 21 heavy (non-hydrogen) atoms. The molecule has 0 bridgehead atoms. The zero-order valence-corrected chi connectivity index (χ0v) is 14.1. The van der Waals surface area contributed by atoms with Gasteiger partial charge in [-0.3, -0.25) is 4.79 Å². The summed E-state index contributed by atoms with van der Waals surface area (Å²) in [6.07, 6.45) is 3.95. The van der Waals surface area contributed by atoms with Crippen LogP contribution in [0.1, 0.15) is 31.2 Å². The third-order valence-electron chi connectivity index (χ3n) is 3.67. The second-order valence-electron chi connectivity index (χ2n) is 5.15. The summed E-state index contributed by atoms with van der Waals surface area (Å²) in [4.78, 5) is 18.5. The highest BCUT2D eigenvalue weighted by Crippen LogP contribution is 2.30. The number of aromatic nitrogens is 3. The Hall–Kier alpha value is -1.44. The van der Waals surface area contributed by atoms with E-state index in [9.17, 15) is 4.79 Å². The van der Waals surface area contributed by atoms with Crippen molar-refractivity contribution in [2.75, 3.05) is 4.90 Å². The van der Waals surface area contributed by atoms with Gasteiger partial charge in [0.1, 0.15) is 12.2 Å². The third-order valence-corrected chi connectivity index (χ3v) is 4.34. The predicted molar refractivity (Wildman–Crippen MR) is 89.0 cm³/mol. The van der Waals surface area contributed by atoms with Gasteiger partial charge < -0.3 is 4.90 Å². The number of nitrogens with zero attached hydrogens (tertiary/aromatic N) is 4. The second-order valence-corrected chi connectivity index (χ2v) is 6.40. The van der Waals surface area contributed by atoms with Crippen molar-refractivity contribution in [3.63, 3.8) is 0 Å². The van der Waals surface area contributed by atoms with Crippen molar-refractivity contribution in [3.05, 3.63) is 39.5 Å². The molecule has 3 rings (SSSR count). The standard InChI is InChI=1S/C15H17IN4O/c1-2-7-20-14(17-10-18-20)9-19-13-5-4-12(16)8-11(13)3-6-15(19)21/h4-5,8,10H,2-3,6-7,9H2,1H3. The van der Waals surface area contributed by atoms with Crippen molar-refractivity contribution in [2.45, 2.75) is 39.3 Å². The maximum Gasteiger partial charge on any atom is 0.227 e. The number of fused-ring (bicyclic) bond motifs is 1. The summed E-state index contributed by atoms with van der Waals surface area (Å²) >= 11 is 2.31. The summed E-state index contributed by atoms with van der Waals surface area (Å²) < 4.78 is 3.09. The van der Waals surface area contributed by atoms with Gasteiger partial charge >= 0.3 is 0 Å². The van der Waals surface area contributed by atoms with Crippen LogP contribution in [-0.2, 0) is 24.3 Å². The number of rotatable bonds is 4. The fourth-order valence-electron chi connectivity index (χ4n) is 2.65. The fraction of sp³-hybridized carbons (Fsp3) is 0.400. The molecule has 1 aromatic heterocycles. The quantitative estimate of drug-likeness (QED) is 0.747. The fourth-order valence-corrected chi connectivity index (χ4v) is 3.21. The molecule has 5 nitrogen and oxygen atoms in total. The van der Waals surface area contributed by atoms with Gasteiger partial charge in [-0.25, -0.2) is 9.67 Å². The van der Waals surface area contributed by atoms with Crippen molar-refractivity contribution in [2.24, 2.45) is 0 Å². The molecule has 0 atom stereocenters. The molecule has 0 saturated heterocycles. The minimum atomic E-state index is 0.162. The van der Waals surface area contributed by atoms with Crippen LogP contribution < -0.4 is 4.90 Å². The Morgan fingerprint density at radius 3 is 3.00 bits per heavy atom. The largest absolute Gasteiger partial charge is 0.305 e. The minimum absolute atomic E-state index is 0.162. The van der Waals surface area contributed by atoms with Crippen LogP contribution in [0.25, 0.3) is 0 Å². The van der Waals surface area contributed by atoms with Crippen LogP contribution in [-0.4, -0.2) is 20.7 Å². The number of aryl methyl sites for hydroxylation is 2. The summed E-state index contributed by atoms with van der Waals surface area (Å²) in [6.45, 7) is 3.43. The Morgan fingerprint density at radius 1 is 1.33 bits per heavy atom. The summed E-state index contributed by atoms with van der Waals surface area (Å²) in [5, 5.41) is 4.23. The van der Waals surface area contributed by atoms with E-state index in [1.165, 1.54) is 9.13 Å². The molecular formula is C15H17IN4O. The molecule has 2 aromatic rings. The molecule has 0 radical (unpaired) electrons. The van der Waals surface area contributed by atoms with Gasteiger partial charge in [0.05, 0.1) is 6.54 Å². The smallest absolute Gasteiger partial charge is 0.227 e. The van der Waals surface area contributed by atoms with E-state index in [0.717, 1.165) is 30.9 Å². The van der Waals surface area contributed by atoms with Crippen molar-refractivity contribution in [1.29, 1.82) is 0 Å². The average Bonchev–Trinajstić information content (AvgIpc) is 2.90. The normalized spacial score (nSPS) is 14.4. The van der Waals surface area contributed by atoms with E-state index in [-0.39, 0.29) is 5.91 Å². The topological polar surface area (TPSA) is 51.0 Å². The van der Waals surface area contributed by atoms with Crippen LogP contribution in [0.4, 0.5) is 5.69 Å². The SMILES string of the molecule is CCCn1ncnc1CN1C(=O)CCc2cc(I)ccc21. The number of amides is 1. The number of hydrogen-bond donors (Lipinski definition) is 0. The zero-order valence-electron chi connectivity index (χ0n) is 11.9. The minimum Gasteiger partial charge on any atom is -0.305 e. The van der Waals surface area contributed by atoms with E-state index in [1.54, 1.807) is 6.33 Å². The van der Waals surface area contributed by atoms with Crippen LogP contribution in [0.2, 0.25) is 0 Å². The summed E-state index contributed by atoms with van der Waals surface area (Å²) in [6, 6.07) is 6.24. The van der Waals surface area contributed by atoms with Gasteiger partial charge in [-0.15, -0.1) is 0 Å². The molecule has 0 unspecified atom stereocenters. The lowest BCUT2D eigenvalue weighted by Crippen LogP contribution is -2.35. The number of carbonyl (C=O) groups excluding carboxylic acids is 1. The first-order valence-electron chi connectivity index (χ1n) is 7.14. The molecule has 0 spiro atoms. The molecule has 0 N–H and O–H groups in total. The monoisotopic (exact) mass is 396 g/mol. The number of halogens is 1. The maximum atomic E-state index is 12.3. The lowest BCUT2D eigenvalue weighted by Gasteiger charge is -2.29. The molecule has 0 aliphatic carbocycles. The summed E-state index contributed by atoms with van der Waals surface area (Å²) in [5.41, 5.74) is 2.25. The molecule has 110 valence electrons. The van der Waals surface area contributed by atoms with Gasteiger partial charge in [0, 0.05) is 22.2 Å². The Morgan fingerprint density at radius 2 is 2.19 bits per heavy atom. The van der Waals surface area contributed by atoms with Crippen LogP contribution in [0.5, 0.6) is 0 Å². The van der Waals surface area contributed by atoms with Crippen molar-refractivity contribution >= 4 is 34.2 Å². The molecule has 6 heteroatoms. The highest BCUT2D eigenvalue weighted by molar-refractivity contribution is 14.1. The molecular weight excluding hydrogens is 379 g/mol. The summed E-state index contributed by atoms with van der Waals surface area (Å²) in [5.74, 6) is 1.01. The Labute approximate surface area is 137 Å². The molecule has 0 saturated carbocycles. The number of carbonyl (C=O) groups is 1. The van der Waals surface area contributed by atoms with E-state index in [0.29, 0.717) is 13.0 Å². The molecule has 1 aliphatic rings. The first kappa shape index (κ1) is 14.5. The van der Waals surface area contributed by atoms with Crippen LogP contribution >= 0.6 is 22.6 Å². The van der Waals surface area contributed by atoms with Crippen LogP contribution in [0.3, 0.4) is 0 Å². The zero-order chi connectivity index (χ0) is 14.8. The van der Waals surface area contributed by atoms with Crippen molar-refractivity contribution in [1.82, 2.24) is 14.8 Å². The Balaban J connectivity index is 1.91. The van der Waals surface area contributed by atoms with Crippen molar-refractivity contribution < 1.29 is 4.79 Å². The van der Waals surface area contributed by atoms with Gasteiger partial charge in [0.2, 0.25) is 5.91 Å². The molecule has 1 amide bonds. The lowest BCUT2D eigenvalue weighted by molar-refractivity contribution is -0.119. The number of hydrogen-bond acceptors (Lipinski definition) is 3. The third kappa shape index (κ3) is 2.95. The van der Waals surface area contributed by atoms with E-state index in [2.05, 4.69) is 45.7 Å². The van der Waals surface area contributed by atoms with Crippen LogP contribution in [0, 0.1) is 3.57 Å². The van der Waals surface area contributed by atoms with E-state index in [1.807, 2.05) is 21.7 Å². The first-order chi connectivity index (χ1) is 10.2. The first-order valence-corrected chi connectivity index (χ1v) is 8.22. The number of anilines is 1. The van der Waals surface area contributed by atoms with Gasteiger partial charge in [0.25, 0.3) is 0 Å². The van der Waals surface area contributed by atoms with E-state index < -0.39 is 0 Å². The molecule has 2 heterocycles. The van der Waals surface area contributed by atoms with E-state index >= 15 is 0 Å². The van der Waals surface area contributed by atoms with Gasteiger partial charge in [-0.05, 0) is 59.2 Å². The van der Waals surface area contributed by atoms with Gasteiger partial charge in [-0.1, -0.05) is 6.92 Å². The Bertz CT molecular complexity index is 667. The van der Waals surface area contributed by atoms with Gasteiger partial charge in [0.15, 0.2) is 0 Å². The molecule has 0 fully saturated rings. The average molecular weight is 396 g/mol. The second kappa shape index (κ2) is 6.13. The Kier molecular flexibility index (Phi) is 4.23. The molecule has 1 aliphatic heterocycles. The molecule has 1 aromatic carbocycles.